The Bertz CT molecular complexity index is 1460. The summed E-state index contributed by atoms with van der Waals surface area (Å²) in [6.07, 6.45) is 7.57. The summed E-state index contributed by atoms with van der Waals surface area (Å²) in [4.78, 5) is 17.7. The molecule has 6 heteroatoms. The van der Waals surface area contributed by atoms with Crippen molar-refractivity contribution in [1.29, 1.82) is 0 Å². The van der Waals surface area contributed by atoms with E-state index < -0.39 is 17.7 Å². The lowest BCUT2D eigenvalue weighted by atomic mass is 9.87. The second-order valence-electron chi connectivity index (χ2n) is 10.5. The third-order valence-corrected chi connectivity index (χ3v) is 8.03. The standard InChI is InChI=1S/C34H33F3N2O/c1-3-4-10-25-20-27(19-23(25)2)39(21-26-12-6-8-14-29(26)35)32(40)22-38-18-17-24-11-5-7-13-28(24)34(38)33-30(36)15-9-16-31(33)37/h3-16,27,34H,1,17-22H2,2H3/b10-4-. The monoisotopic (exact) mass is 542 g/mol. The molecule has 0 fully saturated rings. The van der Waals surface area contributed by atoms with Crippen molar-refractivity contribution in [1.82, 2.24) is 9.80 Å². The Labute approximate surface area is 233 Å². The number of rotatable bonds is 8. The summed E-state index contributed by atoms with van der Waals surface area (Å²) in [6, 6.07) is 17.0. The molecule has 40 heavy (non-hydrogen) atoms. The molecule has 0 bridgehead atoms. The van der Waals surface area contributed by atoms with E-state index in [1.165, 1.54) is 29.8 Å². The molecule has 0 saturated carbocycles. The first-order valence-corrected chi connectivity index (χ1v) is 13.6. The molecule has 0 radical (unpaired) electrons. The third kappa shape index (κ3) is 5.68. The lowest BCUT2D eigenvalue weighted by Gasteiger charge is -2.39. The van der Waals surface area contributed by atoms with Crippen molar-refractivity contribution in [3.05, 3.63) is 142 Å². The summed E-state index contributed by atoms with van der Waals surface area (Å²) in [5.74, 6) is -1.85. The van der Waals surface area contributed by atoms with Gasteiger partial charge in [0, 0.05) is 30.3 Å². The fourth-order valence-electron chi connectivity index (χ4n) is 5.99. The van der Waals surface area contributed by atoms with Gasteiger partial charge >= 0.3 is 0 Å². The number of nitrogens with zero attached hydrogens (tertiary/aromatic N) is 2. The van der Waals surface area contributed by atoms with Gasteiger partial charge in [-0.3, -0.25) is 9.69 Å². The van der Waals surface area contributed by atoms with Crippen molar-refractivity contribution in [3.8, 4) is 0 Å². The summed E-state index contributed by atoms with van der Waals surface area (Å²) in [7, 11) is 0. The number of halogens is 3. The Kier molecular flexibility index (Phi) is 8.36. The van der Waals surface area contributed by atoms with Crippen LogP contribution in [0.4, 0.5) is 13.2 Å². The van der Waals surface area contributed by atoms with Gasteiger partial charge in [-0.1, -0.05) is 78.9 Å². The quantitative estimate of drug-likeness (QED) is 0.279. The molecule has 206 valence electrons. The molecule has 1 aliphatic carbocycles. The van der Waals surface area contributed by atoms with E-state index in [0.29, 0.717) is 31.4 Å². The lowest BCUT2D eigenvalue weighted by Crippen LogP contribution is -2.47. The predicted molar refractivity (Wildman–Crippen MR) is 152 cm³/mol. The SMILES string of the molecule is C=C/C=C\C1=C(C)CC(N(Cc2ccccc2F)C(=O)CN2CCc3ccccc3C2c2c(F)cccc2F)C1. The number of benzene rings is 3. The maximum Gasteiger partial charge on any atom is 0.237 e. The fraction of sp³-hybridized carbons (Fsp3) is 0.265. The van der Waals surface area contributed by atoms with Crippen LogP contribution in [0, 0.1) is 17.5 Å². The molecule has 3 nitrogen and oxygen atoms in total. The molecular weight excluding hydrogens is 509 g/mol. The van der Waals surface area contributed by atoms with Crippen LogP contribution in [0.25, 0.3) is 0 Å². The minimum atomic E-state index is -0.750. The van der Waals surface area contributed by atoms with Gasteiger partial charge in [0.15, 0.2) is 0 Å². The highest BCUT2D eigenvalue weighted by Gasteiger charge is 2.36. The number of allylic oxidation sites excluding steroid dienone is 3. The molecule has 5 rings (SSSR count). The van der Waals surface area contributed by atoms with Crippen LogP contribution in [0.15, 0.2) is 103 Å². The second kappa shape index (κ2) is 12.1. The summed E-state index contributed by atoms with van der Waals surface area (Å²) < 4.78 is 45.0. The molecule has 0 N–H and O–H groups in total. The Morgan fingerprint density at radius 2 is 1.68 bits per heavy atom. The maximum absolute atomic E-state index is 15.1. The predicted octanol–water partition coefficient (Wildman–Crippen LogP) is 7.30. The van der Waals surface area contributed by atoms with E-state index in [9.17, 15) is 9.18 Å². The van der Waals surface area contributed by atoms with Crippen LogP contribution in [0.2, 0.25) is 0 Å². The van der Waals surface area contributed by atoms with Gasteiger partial charge in [0.1, 0.15) is 17.5 Å². The average molecular weight is 543 g/mol. The molecule has 0 aromatic heterocycles. The molecule has 0 spiro atoms. The third-order valence-electron chi connectivity index (χ3n) is 8.03. The average Bonchev–Trinajstić information content (AvgIpc) is 3.31. The molecule has 2 unspecified atom stereocenters. The van der Waals surface area contributed by atoms with Gasteiger partial charge in [0.25, 0.3) is 0 Å². The van der Waals surface area contributed by atoms with Gasteiger partial charge in [-0.25, -0.2) is 13.2 Å². The van der Waals surface area contributed by atoms with Gasteiger partial charge < -0.3 is 4.90 Å². The minimum absolute atomic E-state index is 0.0470. The number of carbonyl (C=O) groups excluding carboxylic acids is 1. The fourth-order valence-corrected chi connectivity index (χ4v) is 5.99. The maximum atomic E-state index is 15.1. The van der Waals surface area contributed by atoms with E-state index in [4.69, 9.17) is 0 Å². The first-order valence-electron chi connectivity index (χ1n) is 13.6. The number of hydrogen-bond donors (Lipinski definition) is 0. The first-order chi connectivity index (χ1) is 19.4. The molecule has 1 aliphatic heterocycles. The van der Waals surface area contributed by atoms with Crippen molar-refractivity contribution in [2.75, 3.05) is 13.1 Å². The number of amides is 1. The molecule has 3 aromatic carbocycles. The molecule has 1 heterocycles. The molecule has 1 amide bonds. The van der Waals surface area contributed by atoms with Crippen LogP contribution in [-0.4, -0.2) is 34.8 Å². The van der Waals surface area contributed by atoms with Crippen molar-refractivity contribution in [2.45, 2.75) is 44.8 Å². The zero-order chi connectivity index (χ0) is 28.2. The number of carbonyl (C=O) groups is 1. The highest BCUT2D eigenvalue weighted by atomic mass is 19.1. The minimum Gasteiger partial charge on any atom is -0.334 e. The van der Waals surface area contributed by atoms with Crippen LogP contribution < -0.4 is 0 Å². The Hall–Kier alpha value is -3.90. The zero-order valence-corrected chi connectivity index (χ0v) is 22.6. The number of hydrogen-bond acceptors (Lipinski definition) is 2. The molecule has 0 saturated heterocycles. The van der Waals surface area contributed by atoms with E-state index in [2.05, 4.69) is 6.58 Å². The summed E-state index contributed by atoms with van der Waals surface area (Å²) in [6.45, 7) is 6.33. The van der Waals surface area contributed by atoms with Crippen LogP contribution in [0.5, 0.6) is 0 Å². The van der Waals surface area contributed by atoms with Crippen molar-refractivity contribution in [3.63, 3.8) is 0 Å². The van der Waals surface area contributed by atoms with Gasteiger partial charge in [0.2, 0.25) is 5.91 Å². The molecule has 2 atom stereocenters. The first kappa shape index (κ1) is 27.7. The van der Waals surface area contributed by atoms with Gasteiger partial charge in [-0.2, -0.15) is 0 Å². The Balaban J connectivity index is 1.48. The van der Waals surface area contributed by atoms with E-state index in [1.807, 2.05) is 48.2 Å². The lowest BCUT2D eigenvalue weighted by molar-refractivity contribution is -0.136. The Morgan fingerprint density at radius 1 is 0.975 bits per heavy atom. The smallest absolute Gasteiger partial charge is 0.237 e. The topological polar surface area (TPSA) is 23.6 Å². The second-order valence-corrected chi connectivity index (χ2v) is 10.5. The zero-order valence-electron chi connectivity index (χ0n) is 22.6. The van der Waals surface area contributed by atoms with Crippen LogP contribution in [0.3, 0.4) is 0 Å². The summed E-state index contributed by atoms with van der Waals surface area (Å²) in [5.41, 5.74) is 4.49. The van der Waals surface area contributed by atoms with Crippen LogP contribution in [0.1, 0.15) is 48.1 Å². The number of fused-ring (bicyclic) bond motifs is 1. The van der Waals surface area contributed by atoms with Crippen LogP contribution in [-0.2, 0) is 17.8 Å². The van der Waals surface area contributed by atoms with Gasteiger partial charge in [0.05, 0.1) is 12.6 Å². The largest absolute Gasteiger partial charge is 0.334 e. The Morgan fingerprint density at radius 3 is 2.42 bits per heavy atom. The summed E-state index contributed by atoms with van der Waals surface area (Å²) >= 11 is 0. The van der Waals surface area contributed by atoms with E-state index in [-0.39, 0.29) is 36.4 Å². The summed E-state index contributed by atoms with van der Waals surface area (Å²) in [5, 5.41) is 0. The van der Waals surface area contributed by atoms with Gasteiger partial charge in [-0.15, -0.1) is 0 Å². The van der Waals surface area contributed by atoms with Gasteiger partial charge in [-0.05, 0) is 61.1 Å². The van der Waals surface area contributed by atoms with E-state index >= 15 is 8.78 Å². The normalized spacial score (nSPS) is 19.2. The highest BCUT2D eigenvalue weighted by Crippen LogP contribution is 2.38. The molecule has 2 aliphatic rings. The van der Waals surface area contributed by atoms with Crippen LogP contribution >= 0.6 is 0 Å². The van der Waals surface area contributed by atoms with E-state index in [0.717, 1.165) is 16.7 Å². The highest BCUT2D eigenvalue weighted by molar-refractivity contribution is 5.79. The molecular formula is C34H33F3N2O. The van der Waals surface area contributed by atoms with Crippen molar-refractivity contribution >= 4 is 5.91 Å². The molecule has 3 aromatic rings. The van der Waals surface area contributed by atoms with Crippen molar-refractivity contribution in [2.24, 2.45) is 0 Å². The van der Waals surface area contributed by atoms with E-state index in [1.54, 1.807) is 29.2 Å². The van der Waals surface area contributed by atoms with Crippen molar-refractivity contribution < 1.29 is 18.0 Å².